The Balaban J connectivity index is 3.13. The summed E-state index contributed by atoms with van der Waals surface area (Å²) in [7, 11) is 1.37. The lowest BCUT2D eigenvalue weighted by atomic mass is 10.2. The molecule has 0 aliphatic rings. The van der Waals surface area contributed by atoms with Gasteiger partial charge >= 0.3 is 6.18 Å². The predicted octanol–water partition coefficient (Wildman–Crippen LogP) is 3.28. The van der Waals surface area contributed by atoms with Crippen molar-refractivity contribution < 1.29 is 17.9 Å². The Morgan fingerprint density at radius 1 is 1.46 bits per heavy atom. The summed E-state index contributed by atoms with van der Waals surface area (Å²) in [5, 5.41) is 0. The van der Waals surface area contributed by atoms with Crippen LogP contribution in [-0.4, -0.2) is 7.11 Å². The lowest BCUT2D eigenvalue weighted by Crippen LogP contribution is -2.05. The van der Waals surface area contributed by atoms with E-state index in [9.17, 15) is 13.2 Å². The summed E-state index contributed by atoms with van der Waals surface area (Å²) < 4.78 is 41.2. The normalized spacial score (nSPS) is 11.5. The molecule has 5 heteroatoms. The summed E-state index contributed by atoms with van der Waals surface area (Å²) in [4.78, 5) is 0. The molecule has 1 aromatic carbocycles. The number of hydrogen-bond acceptors (Lipinski definition) is 1. The predicted molar refractivity (Wildman–Crippen MR) is 44.5 cm³/mol. The molecule has 0 atom stereocenters. The lowest BCUT2D eigenvalue weighted by Gasteiger charge is -2.09. The molecular formula is C8H5BrF3O. The molecule has 1 aromatic rings. The minimum absolute atomic E-state index is 0.0457. The van der Waals surface area contributed by atoms with Gasteiger partial charge in [-0.2, -0.15) is 13.2 Å². The van der Waals surface area contributed by atoms with E-state index in [1.54, 1.807) is 0 Å². The molecule has 1 rings (SSSR count). The third-order valence-corrected chi connectivity index (χ3v) is 2.06. The first-order chi connectivity index (χ1) is 5.95. The van der Waals surface area contributed by atoms with Crippen LogP contribution in [0.1, 0.15) is 5.56 Å². The third-order valence-electron chi connectivity index (χ3n) is 1.40. The molecule has 0 saturated carbocycles. The number of halogens is 4. The molecule has 0 amide bonds. The minimum Gasteiger partial charge on any atom is -0.496 e. The fraction of sp³-hybridized carbons (Fsp3) is 0.250. The van der Waals surface area contributed by atoms with E-state index in [0.717, 1.165) is 6.07 Å². The number of methoxy groups -OCH3 is 1. The SMILES string of the molecule is COc1[c]cc(C(F)(F)F)c(Br)c1. The van der Waals surface area contributed by atoms with Crippen molar-refractivity contribution in [1.29, 1.82) is 0 Å². The second kappa shape index (κ2) is 3.57. The Hall–Kier alpha value is -0.710. The Kier molecular flexibility index (Phi) is 2.85. The van der Waals surface area contributed by atoms with Gasteiger partial charge in [-0.3, -0.25) is 0 Å². The topological polar surface area (TPSA) is 9.23 Å². The fourth-order valence-electron chi connectivity index (χ4n) is 0.782. The molecule has 0 N–H and O–H groups in total. The highest BCUT2D eigenvalue weighted by atomic mass is 79.9. The quantitative estimate of drug-likeness (QED) is 0.747. The molecule has 0 saturated heterocycles. The van der Waals surface area contributed by atoms with Crippen LogP contribution in [0.2, 0.25) is 0 Å². The Labute approximate surface area is 81.6 Å². The summed E-state index contributed by atoms with van der Waals surface area (Å²) in [5.41, 5.74) is -0.756. The lowest BCUT2D eigenvalue weighted by molar-refractivity contribution is -0.138. The molecular weight excluding hydrogens is 249 g/mol. The van der Waals surface area contributed by atoms with Crippen LogP contribution in [0.15, 0.2) is 16.6 Å². The van der Waals surface area contributed by atoms with Gasteiger partial charge in [-0.15, -0.1) is 0 Å². The largest absolute Gasteiger partial charge is 0.496 e. The molecule has 0 unspecified atom stereocenters. The van der Waals surface area contributed by atoms with Crippen LogP contribution in [0.3, 0.4) is 0 Å². The third kappa shape index (κ3) is 2.37. The van der Waals surface area contributed by atoms with Gasteiger partial charge in [-0.05, 0) is 12.1 Å². The van der Waals surface area contributed by atoms with Crippen molar-refractivity contribution >= 4 is 15.9 Å². The molecule has 0 bridgehead atoms. The number of alkyl halides is 3. The molecule has 0 fully saturated rings. The maximum absolute atomic E-state index is 12.2. The number of ether oxygens (including phenoxy) is 1. The van der Waals surface area contributed by atoms with Crippen molar-refractivity contribution in [1.82, 2.24) is 0 Å². The molecule has 71 valence electrons. The van der Waals surface area contributed by atoms with Crippen LogP contribution >= 0.6 is 15.9 Å². The van der Waals surface area contributed by atoms with Crippen LogP contribution in [0, 0.1) is 6.07 Å². The maximum Gasteiger partial charge on any atom is 0.417 e. The van der Waals surface area contributed by atoms with Gasteiger partial charge in [0.05, 0.1) is 12.7 Å². The van der Waals surface area contributed by atoms with Crippen LogP contribution in [-0.2, 0) is 6.18 Å². The molecule has 0 spiro atoms. The monoisotopic (exact) mass is 253 g/mol. The van der Waals surface area contributed by atoms with Crippen molar-refractivity contribution in [3.05, 3.63) is 28.2 Å². The van der Waals surface area contributed by atoms with Gasteiger partial charge in [-0.1, -0.05) is 15.9 Å². The van der Waals surface area contributed by atoms with E-state index in [-0.39, 0.29) is 10.2 Å². The van der Waals surface area contributed by atoms with Gasteiger partial charge in [0, 0.05) is 10.5 Å². The standard InChI is InChI=1S/C8H5BrF3O/c1-13-5-2-3-6(7(9)4-5)8(10,11)12/h3-4H,1H3. The van der Waals surface area contributed by atoms with Crippen LogP contribution in [0.5, 0.6) is 5.75 Å². The Morgan fingerprint density at radius 2 is 2.08 bits per heavy atom. The zero-order valence-electron chi connectivity index (χ0n) is 6.57. The van der Waals surface area contributed by atoms with E-state index in [4.69, 9.17) is 4.74 Å². The van der Waals surface area contributed by atoms with E-state index in [2.05, 4.69) is 22.0 Å². The first-order valence-electron chi connectivity index (χ1n) is 3.27. The van der Waals surface area contributed by atoms with Crippen LogP contribution < -0.4 is 4.74 Å². The van der Waals surface area contributed by atoms with Crippen LogP contribution in [0.4, 0.5) is 13.2 Å². The molecule has 0 aliphatic carbocycles. The molecule has 0 aliphatic heterocycles. The van der Waals surface area contributed by atoms with E-state index >= 15 is 0 Å². The molecule has 0 aromatic heterocycles. The highest BCUT2D eigenvalue weighted by molar-refractivity contribution is 9.10. The average molecular weight is 254 g/mol. The van der Waals surface area contributed by atoms with Crippen molar-refractivity contribution in [3.63, 3.8) is 0 Å². The van der Waals surface area contributed by atoms with Crippen molar-refractivity contribution in [3.8, 4) is 5.75 Å². The number of hydrogen-bond donors (Lipinski definition) is 0. The van der Waals surface area contributed by atoms with Crippen molar-refractivity contribution in [2.45, 2.75) is 6.18 Å². The van der Waals surface area contributed by atoms with E-state index < -0.39 is 11.7 Å². The van der Waals surface area contributed by atoms with Gasteiger partial charge in [0.2, 0.25) is 0 Å². The maximum atomic E-state index is 12.2. The minimum atomic E-state index is -4.36. The van der Waals surface area contributed by atoms with Crippen molar-refractivity contribution in [2.75, 3.05) is 7.11 Å². The first kappa shape index (κ1) is 10.4. The highest BCUT2D eigenvalue weighted by Gasteiger charge is 2.32. The fourth-order valence-corrected chi connectivity index (χ4v) is 1.33. The zero-order chi connectivity index (χ0) is 10.1. The smallest absolute Gasteiger partial charge is 0.417 e. The van der Waals surface area contributed by atoms with Gasteiger partial charge in [-0.25, -0.2) is 0 Å². The molecule has 0 heterocycles. The van der Waals surface area contributed by atoms with Crippen LogP contribution in [0.25, 0.3) is 0 Å². The summed E-state index contributed by atoms with van der Waals surface area (Å²) >= 11 is 2.80. The number of rotatable bonds is 1. The second-order valence-corrected chi connectivity index (χ2v) is 3.12. The van der Waals surface area contributed by atoms with E-state index in [0.29, 0.717) is 0 Å². The highest BCUT2D eigenvalue weighted by Crippen LogP contribution is 2.36. The van der Waals surface area contributed by atoms with Gasteiger partial charge < -0.3 is 4.74 Å². The Morgan fingerprint density at radius 3 is 2.46 bits per heavy atom. The average Bonchev–Trinajstić information content (AvgIpc) is 2.01. The first-order valence-corrected chi connectivity index (χ1v) is 4.07. The van der Waals surface area contributed by atoms with Gasteiger partial charge in [0.1, 0.15) is 5.75 Å². The van der Waals surface area contributed by atoms with Crippen molar-refractivity contribution in [2.24, 2.45) is 0 Å². The molecule has 1 nitrogen and oxygen atoms in total. The molecule has 1 radical (unpaired) electrons. The summed E-state index contributed by atoms with van der Waals surface area (Å²) in [6.07, 6.45) is -4.36. The number of benzene rings is 1. The summed E-state index contributed by atoms with van der Waals surface area (Å²) in [6, 6.07) is 4.44. The summed E-state index contributed by atoms with van der Waals surface area (Å²) in [6.45, 7) is 0. The summed E-state index contributed by atoms with van der Waals surface area (Å²) in [5.74, 6) is 0.264. The molecule has 13 heavy (non-hydrogen) atoms. The van der Waals surface area contributed by atoms with Gasteiger partial charge in [0.15, 0.2) is 0 Å². The second-order valence-electron chi connectivity index (χ2n) is 2.26. The van der Waals surface area contributed by atoms with E-state index in [1.807, 2.05) is 0 Å². The zero-order valence-corrected chi connectivity index (χ0v) is 8.16. The van der Waals surface area contributed by atoms with E-state index in [1.165, 1.54) is 13.2 Å². The Bertz CT molecular complexity index is 309. The van der Waals surface area contributed by atoms with Gasteiger partial charge in [0.25, 0.3) is 0 Å².